The van der Waals surface area contributed by atoms with Crippen molar-refractivity contribution in [3.63, 3.8) is 0 Å². The van der Waals surface area contributed by atoms with E-state index < -0.39 is 11.7 Å². The second kappa shape index (κ2) is 4.02. The molecule has 1 aliphatic rings. The van der Waals surface area contributed by atoms with E-state index in [1.54, 1.807) is 17.4 Å². The fraction of sp³-hybridized carbons (Fsp3) is 0.231. The largest absolute Gasteiger partial charge is 0.418 e. The SMILES string of the molecule is FC(F)(F)c1cccc2c1NC(c1cccs1)C2. The minimum atomic E-state index is -4.30. The van der Waals surface area contributed by atoms with Crippen molar-refractivity contribution in [2.75, 3.05) is 5.32 Å². The molecule has 0 fully saturated rings. The molecular weight excluding hydrogens is 259 g/mol. The normalized spacial score (nSPS) is 18.5. The van der Waals surface area contributed by atoms with Crippen LogP contribution in [0.2, 0.25) is 0 Å². The number of hydrogen-bond donors (Lipinski definition) is 1. The molecule has 0 spiro atoms. The molecule has 0 bridgehead atoms. The first kappa shape index (κ1) is 11.6. The van der Waals surface area contributed by atoms with Gasteiger partial charge in [-0.2, -0.15) is 13.2 Å². The summed E-state index contributed by atoms with van der Waals surface area (Å²) in [6.45, 7) is 0. The summed E-state index contributed by atoms with van der Waals surface area (Å²) in [5.41, 5.74) is 0.408. The van der Waals surface area contributed by atoms with E-state index in [2.05, 4.69) is 5.32 Å². The first-order valence-electron chi connectivity index (χ1n) is 5.55. The highest BCUT2D eigenvalue weighted by molar-refractivity contribution is 7.10. The van der Waals surface area contributed by atoms with Crippen LogP contribution in [0.25, 0.3) is 0 Å². The molecule has 1 nitrogen and oxygen atoms in total. The number of benzene rings is 1. The van der Waals surface area contributed by atoms with E-state index in [0.29, 0.717) is 6.42 Å². The molecule has 2 heterocycles. The van der Waals surface area contributed by atoms with E-state index in [-0.39, 0.29) is 11.7 Å². The lowest BCUT2D eigenvalue weighted by Gasteiger charge is -2.13. The first-order chi connectivity index (χ1) is 8.55. The molecule has 0 amide bonds. The Kier molecular flexibility index (Phi) is 2.59. The summed E-state index contributed by atoms with van der Waals surface area (Å²) >= 11 is 1.56. The molecule has 0 aliphatic carbocycles. The van der Waals surface area contributed by atoms with Gasteiger partial charge in [-0.05, 0) is 29.5 Å². The molecule has 1 aromatic carbocycles. The average Bonchev–Trinajstić information content (AvgIpc) is 2.95. The quantitative estimate of drug-likeness (QED) is 0.805. The Morgan fingerprint density at radius 2 is 2.00 bits per heavy atom. The van der Waals surface area contributed by atoms with E-state index in [1.807, 2.05) is 17.5 Å². The third-order valence-corrected chi connectivity index (χ3v) is 4.07. The number of nitrogens with one attached hydrogen (secondary N) is 1. The van der Waals surface area contributed by atoms with Crippen molar-refractivity contribution >= 4 is 17.0 Å². The maximum atomic E-state index is 12.9. The van der Waals surface area contributed by atoms with Gasteiger partial charge in [-0.1, -0.05) is 18.2 Å². The fourth-order valence-corrected chi connectivity index (χ4v) is 3.06. The second-order valence-electron chi connectivity index (χ2n) is 4.25. The van der Waals surface area contributed by atoms with Crippen molar-refractivity contribution in [1.29, 1.82) is 0 Å². The molecule has 0 saturated heterocycles. The second-order valence-corrected chi connectivity index (χ2v) is 5.23. The van der Waals surface area contributed by atoms with E-state index in [0.717, 1.165) is 16.5 Å². The number of anilines is 1. The van der Waals surface area contributed by atoms with Crippen molar-refractivity contribution in [1.82, 2.24) is 0 Å². The zero-order chi connectivity index (χ0) is 12.8. The lowest BCUT2D eigenvalue weighted by Crippen LogP contribution is -2.10. The van der Waals surface area contributed by atoms with Crippen molar-refractivity contribution in [3.05, 3.63) is 51.7 Å². The Balaban J connectivity index is 1.98. The van der Waals surface area contributed by atoms with Crippen LogP contribution in [0.5, 0.6) is 0 Å². The minimum Gasteiger partial charge on any atom is -0.376 e. The summed E-state index contributed by atoms with van der Waals surface area (Å²) in [6, 6.07) is 8.17. The number of thiophene rings is 1. The van der Waals surface area contributed by atoms with Crippen molar-refractivity contribution in [3.8, 4) is 0 Å². The molecule has 3 rings (SSSR count). The van der Waals surface area contributed by atoms with Gasteiger partial charge in [-0.25, -0.2) is 0 Å². The predicted molar refractivity (Wildman–Crippen MR) is 65.8 cm³/mol. The highest BCUT2D eigenvalue weighted by atomic mass is 32.1. The monoisotopic (exact) mass is 269 g/mol. The van der Waals surface area contributed by atoms with Crippen LogP contribution in [-0.2, 0) is 12.6 Å². The Hall–Kier alpha value is -1.49. The Morgan fingerprint density at radius 3 is 2.67 bits per heavy atom. The topological polar surface area (TPSA) is 12.0 Å². The molecular formula is C13H10F3NS. The van der Waals surface area contributed by atoms with E-state index >= 15 is 0 Å². The van der Waals surface area contributed by atoms with Crippen molar-refractivity contribution < 1.29 is 13.2 Å². The summed E-state index contributed by atoms with van der Waals surface area (Å²) < 4.78 is 38.6. The molecule has 18 heavy (non-hydrogen) atoms. The number of halogens is 3. The van der Waals surface area contributed by atoms with Gasteiger partial charge in [0.2, 0.25) is 0 Å². The van der Waals surface area contributed by atoms with Crippen LogP contribution >= 0.6 is 11.3 Å². The Bertz CT molecular complexity index is 560. The lowest BCUT2D eigenvalue weighted by atomic mass is 10.1. The first-order valence-corrected chi connectivity index (χ1v) is 6.42. The summed E-state index contributed by atoms with van der Waals surface area (Å²) in [5, 5.41) is 4.94. The van der Waals surface area contributed by atoms with E-state index in [4.69, 9.17) is 0 Å². The van der Waals surface area contributed by atoms with Gasteiger partial charge < -0.3 is 5.32 Å². The highest BCUT2D eigenvalue weighted by Crippen LogP contribution is 2.43. The Morgan fingerprint density at radius 1 is 1.17 bits per heavy atom. The molecule has 1 N–H and O–H groups in total. The molecule has 1 unspecified atom stereocenters. The zero-order valence-electron chi connectivity index (χ0n) is 9.29. The fourth-order valence-electron chi connectivity index (χ4n) is 2.28. The highest BCUT2D eigenvalue weighted by Gasteiger charge is 2.37. The van der Waals surface area contributed by atoms with Crippen LogP contribution < -0.4 is 5.32 Å². The summed E-state index contributed by atoms with van der Waals surface area (Å²) in [6.07, 6.45) is -3.69. The van der Waals surface area contributed by atoms with Gasteiger partial charge in [0.25, 0.3) is 0 Å². The van der Waals surface area contributed by atoms with Crippen LogP contribution in [0, 0.1) is 0 Å². The third-order valence-electron chi connectivity index (χ3n) is 3.09. The van der Waals surface area contributed by atoms with Gasteiger partial charge in [0, 0.05) is 4.88 Å². The molecule has 0 radical (unpaired) electrons. The number of fused-ring (bicyclic) bond motifs is 1. The molecule has 1 aliphatic heterocycles. The van der Waals surface area contributed by atoms with Crippen LogP contribution in [0.4, 0.5) is 18.9 Å². The number of rotatable bonds is 1. The summed E-state index contributed by atoms with van der Waals surface area (Å²) in [4.78, 5) is 1.07. The molecule has 2 aromatic rings. The van der Waals surface area contributed by atoms with E-state index in [1.165, 1.54) is 6.07 Å². The molecule has 94 valence electrons. The van der Waals surface area contributed by atoms with Crippen LogP contribution in [0.1, 0.15) is 22.0 Å². The van der Waals surface area contributed by atoms with Gasteiger partial charge in [-0.3, -0.25) is 0 Å². The minimum absolute atomic E-state index is 0.0384. The van der Waals surface area contributed by atoms with Gasteiger partial charge in [0.05, 0.1) is 17.3 Å². The van der Waals surface area contributed by atoms with Gasteiger partial charge in [0.15, 0.2) is 0 Å². The maximum Gasteiger partial charge on any atom is 0.418 e. The van der Waals surface area contributed by atoms with Crippen molar-refractivity contribution in [2.24, 2.45) is 0 Å². The van der Waals surface area contributed by atoms with E-state index in [9.17, 15) is 13.2 Å². The Labute approximate surface area is 106 Å². The summed E-state index contributed by atoms with van der Waals surface area (Å²) in [7, 11) is 0. The third kappa shape index (κ3) is 1.88. The molecule has 0 saturated carbocycles. The maximum absolute atomic E-state index is 12.9. The average molecular weight is 269 g/mol. The summed E-state index contributed by atoms with van der Waals surface area (Å²) in [5.74, 6) is 0. The van der Waals surface area contributed by atoms with Gasteiger partial charge in [-0.15, -0.1) is 11.3 Å². The smallest absolute Gasteiger partial charge is 0.376 e. The molecule has 5 heteroatoms. The van der Waals surface area contributed by atoms with Crippen LogP contribution in [-0.4, -0.2) is 0 Å². The molecule has 1 aromatic heterocycles. The predicted octanol–water partition coefficient (Wildman–Crippen LogP) is 4.48. The van der Waals surface area contributed by atoms with Crippen LogP contribution in [0.15, 0.2) is 35.7 Å². The number of para-hydroxylation sites is 1. The van der Waals surface area contributed by atoms with Gasteiger partial charge >= 0.3 is 6.18 Å². The lowest BCUT2D eigenvalue weighted by molar-refractivity contribution is -0.136. The molecule has 1 atom stereocenters. The number of hydrogen-bond acceptors (Lipinski definition) is 2. The standard InChI is InChI=1S/C13H10F3NS/c14-13(15,16)9-4-1-3-8-7-10(17-12(8)9)11-5-2-6-18-11/h1-6,10,17H,7H2. The van der Waals surface area contributed by atoms with Gasteiger partial charge in [0.1, 0.15) is 0 Å². The van der Waals surface area contributed by atoms with Crippen LogP contribution in [0.3, 0.4) is 0 Å². The number of alkyl halides is 3. The van der Waals surface area contributed by atoms with Crippen molar-refractivity contribution in [2.45, 2.75) is 18.6 Å². The zero-order valence-corrected chi connectivity index (χ0v) is 10.1.